The molecule has 1 aromatic carbocycles. The van der Waals surface area contributed by atoms with Gasteiger partial charge in [-0.1, -0.05) is 27.2 Å². The molecule has 3 aliphatic rings. The standard InChI is InChI=1S/C20H26O4/c1-10-8-11-16(22)14-12(21)9-13-19(2,3)6-5-7-20(13,4)15(14)17(23)18(11)24-10/h10,13,22-23H,5-9H2,1-4H3. The Bertz CT molecular complexity index is 749. The molecule has 2 N–H and O–H groups in total. The number of hydrogen-bond donors (Lipinski definition) is 2. The molecule has 4 nitrogen and oxygen atoms in total. The molecular formula is C20H26O4. The topological polar surface area (TPSA) is 66.8 Å². The number of rotatable bonds is 0. The predicted octanol–water partition coefficient (Wildman–Crippen LogP) is 4.09. The number of benzene rings is 1. The van der Waals surface area contributed by atoms with Crippen LogP contribution in [0.4, 0.5) is 0 Å². The summed E-state index contributed by atoms with van der Waals surface area (Å²) in [5, 5.41) is 21.8. The first kappa shape index (κ1) is 15.8. The van der Waals surface area contributed by atoms with Gasteiger partial charge in [0.15, 0.2) is 17.3 Å². The molecule has 0 bridgehead atoms. The van der Waals surface area contributed by atoms with Crippen LogP contribution in [0.15, 0.2) is 0 Å². The molecule has 0 aromatic heterocycles. The molecule has 4 rings (SSSR count). The van der Waals surface area contributed by atoms with Crippen LogP contribution in [0.3, 0.4) is 0 Å². The average Bonchev–Trinajstić information content (AvgIpc) is 2.88. The van der Waals surface area contributed by atoms with E-state index in [4.69, 9.17) is 4.74 Å². The van der Waals surface area contributed by atoms with Crippen molar-refractivity contribution in [3.63, 3.8) is 0 Å². The second kappa shape index (κ2) is 4.68. The van der Waals surface area contributed by atoms with Crippen molar-refractivity contribution in [3.05, 3.63) is 16.7 Å². The number of ketones is 1. The predicted molar refractivity (Wildman–Crippen MR) is 91.0 cm³/mol. The van der Waals surface area contributed by atoms with Crippen molar-refractivity contribution in [2.24, 2.45) is 11.3 Å². The maximum Gasteiger partial charge on any atom is 0.168 e. The first-order valence-electron chi connectivity index (χ1n) is 8.98. The molecule has 0 amide bonds. The van der Waals surface area contributed by atoms with E-state index in [0.717, 1.165) is 19.3 Å². The fraction of sp³-hybridized carbons (Fsp3) is 0.650. The lowest BCUT2D eigenvalue weighted by atomic mass is 9.50. The lowest BCUT2D eigenvalue weighted by molar-refractivity contribution is 0.0351. The van der Waals surface area contributed by atoms with E-state index in [-0.39, 0.29) is 40.1 Å². The lowest BCUT2D eigenvalue weighted by Gasteiger charge is -2.53. The Morgan fingerprint density at radius 1 is 1.08 bits per heavy atom. The van der Waals surface area contributed by atoms with Gasteiger partial charge in [-0.25, -0.2) is 0 Å². The van der Waals surface area contributed by atoms with Crippen molar-refractivity contribution >= 4 is 5.78 Å². The van der Waals surface area contributed by atoms with E-state index in [1.807, 2.05) is 6.92 Å². The highest BCUT2D eigenvalue weighted by molar-refractivity contribution is 6.04. The zero-order chi connectivity index (χ0) is 17.4. The largest absolute Gasteiger partial charge is 0.507 e. The third-order valence-electron chi connectivity index (χ3n) is 6.78. The van der Waals surface area contributed by atoms with Gasteiger partial charge in [-0.15, -0.1) is 0 Å². The molecule has 24 heavy (non-hydrogen) atoms. The van der Waals surface area contributed by atoms with Gasteiger partial charge in [-0.05, 0) is 31.1 Å². The minimum Gasteiger partial charge on any atom is -0.507 e. The van der Waals surface area contributed by atoms with Crippen molar-refractivity contribution in [1.82, 2.24) is 0 Å². The number of ether oxygens (including phenoxy) is 1. The smallest absolute Gasteiger partial charge is 0.168 e. The fourth-order valence-corrected chi connectivity index (χ4v) is 5.64. The number of phenolic OH excluding ortho intramolecular Hbond substituents is 2. The molecular weight excluding hydrogens is 304 g/mol. The molecule has 2 aliphatic carbocycles. The first-order valence-corrected chi connectivity index (χ1v) is 8.98. The van der Waals surface area contributed by atoms with Crippen LogP contribution in [0, 0.1) is 11.3 Å². The Morgan fingerprint density at radius 3 is 2.50 bits per heavy atom. The number of phenols is 2. The lowest BCUT2D eigenvalue weighted by Crippen LogP contribution is -2.49. The molecule has 1 fully saturated rings. The summed E-state index contributed by atoms with van der Waals surface area (Å²) in [7, 11) is 0. The molecule has 1 saturated carbocycles. The zero-order valence-corrected chi connectivity index (χ0v) is 14.9. The third-order valence-corrected chi connectivity index (χ3v) is 6.78. The Balaban J connectivity index is 2.01. The summed E-state index contributed by atoms with van der Waals surface area (Å²) in [6.45, 7) is 8.49. The monoisotopic (exact) mass is 330 g/mol. The Morgan fingerprint density at radius 2 is 1.79 bits per heavy atom. The van der Waals surface area contributed by atoms with Gasteiger partial charge in [0.1, 0.15) is 11.9 Å². The fourth-order valence-electron chi connectivity index (χ4n) is 5.64. The third kappa shape index (κ3) is 1.83. The maximum atomic E-state index is 12.9. The molecule has 0 saturated heterocycles. The highest BCUT2D eigenvalue weighted by atomic mass is 16.5. The molecule has 1 aromatic rings. The molecule has 0 spiro atoms. The Kier molecular flexibility index (Phi) is 3.08. The van der Waals surface area contributed by atoms with E-state index in [0.29, 0.717) is 35.3 Å². The molecule has 0 radical (unpaired) electrons. The van der Waals surface area contributed by atoms with Gasteiger partial charge in [-0.3, -0.25) is 4.79 Å². The van der Waals surface area contributed by atoms with Gasteiger partial charge >= 0.3 is 0 Å². The minimum absolute atomic E-state index is 0.0372. The van der Waals surface area contributed by atoms with Gasteiger partial charge in [0.05, 0.1) is 5.56 Å². The summed E-state index contributed by atoms with van der Waals surface area (Å²) >= 11 is 0. The van der Waals surface area contributed by atoms with Crippen LogP contribution in [-0.4, -0.2) is 22.1 Å². The molecule has 4 heteroatoms. The minimum atomic E-state index is -0.309. The van der Waals surface area contributed by atoms with E-state index in [1.54, 1.807) is 0 Å². The van der Waals surface area contributed by atoms with Gasteiger partial charge in [-0.2, -0.15) is 0 Å². The summed E-state index contributed by atoms with van der Waals surface area (Å²) < 4.78 is 5.78. The van der Waals surface area contributed by atoms with Crippen LogP contribution >= 0.6 is 0 Å². The van der Waals surface area contributed by atoms with Crippen molar-refractivity contribution in [2.75, 3.05) is 0 Å². The van der Waals surface area contributed by atoms with Crippen LogP contribution in [0.1, 0.15) is 74.9 Å². The van der Waals surface area contributed by atoms with Gasteiger partial charge in [0.2, 0.25) is 0 Å². The number of aromatic hydroxyl groups is 2. The van der Waals surface area contributed by atoms with E-state index in [2.05, 4.69) is 20.8 Å². The number of carbonyl (C=O) groups excluding carboxylic acids is 1. The van der Waals surface area contributed by atoms with Crippen LogP contribution in [0.2, 0.25) is 0 Å². The highest BCUT2D eigenvalue weighted by Crippen LogP contribution is 2.62. The van der Waals surface area contributed by atoms with E-state index in [1.165, 1.54) is 0 Å². The van der Waals surface area contributed by atoms with Crippen LogP contribution in [0.25, 0.3) is 0 Å². The second-order valence-corrected chi connectivity index (χ2v) is 8.83. The first-order chi connectivity index (χ1) is 11.2. The highest BCUT2D eigenvalue weighted by Gasteiger charge is 2.55. The summed E-state index contributed by atoms with van der Waals surface area (Å²) in [6, 6.07) is 0. The number of fused-ring (bicyclic) bond motifs is 4. The Labute approximate surface area is 142 Å². The van der Waals surface area contributed by atoms with Crippen LogP contribution in [-0.2, 0) is 11.8 Å². The van der Waals surface area contributed by atoms with Gasteiger partial charge < -0.3 is 14.9 Å². The van der Waals surface area contributed by atoms with Gasteiger partial charge in [0.25, 0.3) is 0 Å². The number of carbonyl (C=O) groups is 1. The summed E-state index contributed by atoms with van der Waals surface area (Å²) in [6.07, 6.45) is 3.94. The maximum absolute atomic E-state index is 12.9. The molecule has 3 unspecified atom stereocenters. The van der Waals surface area contributed by atoms with Crippen LogP contribution in [0.5, 0.6) is 17.2 Å². The molecule has 1 heterocycles. The van der Waals surface area contributed by atoms with Crippen molar-refractivity contribution in [2.45, 2.75) is 71.3 Å². The second-order valence-electron chi connectivity index (χ2n) is 8.83. The van der Waals surface area contributed by atoms with Gasteiger partial charge in [0, 0.05) is 29.4 Å². The summed E-state index contributed by atoms with van der Waals surface area (Å²) in [4.78, 5) is 12.9. The molecule has 1 aliphatic heterocycles. The zero-order valence-electron chi connectivity index (χ0n) is 14.9. The normalized spacial score (nSPS) is 33.4. The van der Waals surface area contributed by atoms with Crippen molar-refractivity contribution in [3.8, 4) is 17.2 Å². The Hall–Kier alpha value is -1.71. The summed E-state index contributed by atoms with van der Waals surface area (Å²) in [5.74, 6) is 0.630. The average molecular weight is 330 g/mol. The number of hydrogen-bond acceptors (Lipinski definition) is 4. The van der Waals surface area contributed by atoms with E-state index in [9.17, 15) is 15.0 Å². The van der Waals surface area contributed by atoms with Crippen molar-refractivity contribution < 1.29 is 19.7 Å². The van der Waals surface area contributed by atoms with E-state index < -0.39 is 0 Å². The SMILES string of the molecule is CC1Cc2c(O)c3c(c(O)c2O1)C1(C)CCCC(C)(C)C1CC3=O. The quantitative estimate of drug-likeness (QED) is 0.703. The van der Waals surface area contributed by atoms with E-state index >= 15 is 0 Å². The number of Topliss-reactive ketones (excluding diaryl/α,β-unsaturated/α-hetero) is 1. The molecule has 3 atom stereocenters. The van der Waals surface area contributed by atoms with Crippen molar-refractivity contribution in [1.29, 1.82) is 0 Å². The summed E-state index contributed by atoms with van der Waals surface area (Å²) in [5.41, 5.74) is 1.29. The van der Waals surface area contributed by atoms with Crippen LogP contribution < -0.4 is 4.74 Å². The molecule has 130 valence electrons.